The lowest BCUT2D eigenvalue weighted by atomic mass is 9.52. The summed E-state index contributed by atoms with van der Waals surface area (Å²) in [5.41, 5.74) is 2.34. The van der Waals surface area contributed by atoms with Crippen LogP contribution < -0.4 is 4.90 Å². The van der Waals surface area contributed by atoms with Gasteiger partial charge in [-0.25, -0.2) is 0 Å². The maximum absolute atomic E-state index is 12.6. The summed E-state index contributed by atoms with van der Waals surface area (Å²) in [7, 11) is 1.50. The SMILES string of the molecule is COC(=O)CC12CCCN3CCC4(c5ccccc5N(C(C)=O)C4CC1)C32. The van der Waals surface area contributed by atoms with E-state index in [9.17, 15) is 9.59 Å². The van der Waals surface area contributed by atoms with Crippen LogP contribution in [0.1, 0.15) is 51.0 Å². The Morgan fingerprint density at radius 1 is 1.19 bits per heavy atom. The second kappa shape index (κ2) is 5.81. The van der Waals surface area contributed by atoms with Crippen molar-refractivity contribution < 1.29 is 14.3 Å². The molecule has 1 saturated carbocycles. The molecule has 0 radical (unpaired) electrons. The van der Waals surface area contributed by atoms with E-state index in [1.165, 1.54) is 12.7 Å². The average molecular weight is 368 g/mol. The van der Waals surface area contributed by atoms with Crippen molar-refractivity contribution in [1.29, 1.82) is 0 Å². The molecule has 27 heavy (non-hydrogen) atoms. The van der Waals surface area contributed by atoms with Crippen LogP contribution in [0.3, 0.4) is 0 Å². The second-order valence-corrected chi connectivity index (χ2v) is 8.91. The molecule has 5 nitrogen and oxygen atoms in total. The Morgan fingerprint density at radius 3 is 2.78 bits per heavy atom. The quantitative estimate of drug-likeness (QED) is 0.753. The predicted molar refractivity (Wildman–Crippen MR) is 103 cm³/mol. The number of carbonyl (C=O) groups excluding carboxylic acids is 2. The molecule has 0 bridgehead atoms. The molecule has 3 fully saturated rings. The Bertz CT molecular complexity index is 809. The van der Waals surface area contributed by atoms with Crippen LogP contribution in [-0.2, 0) is 19.7 Å². The summed E-state index contributed by atoms with van der Waals surface area (Å²) in [5, 5.41) is 0. The summed E-state index contributed by atoms with van der Waals surface area (Å²) in [6.45, 7) is 3.86. The molecule has 1 aromatic carbocycles. The first-order valence-electron chi connectivity index (χ1n) is 10.2. The highest BCUT2D eigenvalue weighted by atomic mass is 16.5. The van der Waals surface area contributed by atoms with Gasteiger partial charge in [0.05, 0.1) is 13.5 Å². The van der Waals surface area contributed by atoms with E-state index in [4.69, 9.17) is 4.74 Å². The Kier molecular flexibility index (Phi) is 3.71. The molecule has 0 aromatic heterocycles. The molecule has 5 heteroatoms. The van der Waals surface area contributed by atoms with Crippen LogP contribution in [0.25, 0.3) is 0 Å². The van der Waals surface area contributed by atoms with Crippen molar-refractivity contribution in [2.75, 3.05) is 25.1 Å². The van der Waals surface area contributed by atoms with Gasteiger partial charge in [0.1, 0.15) is 0 Å². The minimum absolute atomic E-state index is 0.0295. The van der Waals surface area contributed by atoms with Gasteiger partial charge in [-0.3, -0.25) is 14.5 Å². The van der Waals surface area contributed by atoms with Crippen molar-refractivity contribution in [3.63, 3.8) is 0 Å². The summed E-state index contributed by atoms with van der Waals surface area (Å²) in [4.78, 5) is 29.7. The fourth-order valence-corrected chi connectivity index (χ4v) is 7.25. The summed E-state index contributed by atoms with van der Waals surface area (Å²) < 4.78 is 5.10. The number of carbonyl (C=O) groups is 2. The van der Waals surface area contributed by atoms with Crippen LogP contribution in [0.2, 0.25) is 0 Å². The van der Waals surface area contributed by atoms with Gasteiger partial charge in [-0.15, -0.1) is 0 Å². The van der Waals surface area contributed by atoms with E-state index < -0.39 is 0 Å². The predicted octanol–water partition coefficient (Wildman–Crippen LogP) is 2.87. The van der Waals surface area contributed by atoms with E-state index in [1.54, 1.807) is 6.92 Å². The molecule has 144 valence electrons. The Morgan fingerprint density at radius 2 is 2.00 bits per heavy atom. The molecule has 5 rings (SSSR count). The molecule has 4 atom stereocenters. The number of anilines is 1. The van der Waals surface area contributed by atoms with Crippen molar-refractivity contribution in [3.8, 4) is 0 Å². The average Bonchev–Trinajstić information content (AvgIpc) is 3.20. The summed E-state index contributed by atoms with van der Waals surface area (Å²) >= 11 is 0. The number of benzene rings is 1. The zero-order chi connectivity index (χ0) is 18.8. The third-order valence-corrected chi connectivity index (χ3v) is 7.92. The first-order valence-corrected chi connectivity index (χ1v) is 10.2. The van der Waals surface area contributed by atoms with Gasteiger partial charge < -0.3 is 9.64 Å². The zero-order valence-corrected chi connectivity index (χ0v) is 16.2. The molecule has 3 aliphatic heterocycles. The number of piperidine rings is 1. The maximum atomic E-state index is 12.6. The third-order valence-electron chi connectivity index (χ3n) is 7.92. The second-order valence-electron chi connectivity index (χ2n) is 8.91. The molecule has 0 N–H and O–H groups in total. The van der Waals surface area contributed by atoms with E-state index in [1.807, 2.05) is 6.07 Å². The molecule has 4 unspecified atom stereocenters. The highest BCUT2D eigenvalue weighted by molar-refractivity contribution is 5.96. The number of methoxy groups -OCH3 is 1. The van der Waals surface area contributed by atoms with Crippen LogP contribution in [0.5, 0.6) is 0 Å². The first kappa shape index (κ1) is 17.2. The number of para-hydroxylation sites is 1. The maximum Gasteiger partial charge on any atom is 0.306 e. The van der Waals surface area contributed by atoms with Gasteiger partial charge in [-0.1, -0.05) is 18.2 Å². The molecule has 4 aliphatic rings. The van der Waals surface area contributed by atoms with E-state index in [0.29, 0.717) is 12.5 Å². The fourth-order valence-electron chi connectivity index (χ4n) is 7.25. The van der Waals surface area contributed by atoms with E-state index in [0.717, 1.165) is 50.9 Å². The van der Waals surface area contributed by atoms with Crippen LogP contribution >= 0.6 is 0 Å². The molecule has 1 aromatic rings. The van der Waals surface area contributed by atoms with E-state index >= 15 is 0 Å². The summed E-state index contributed by atoms with van der Waals surface area (Å²) in [6, 6.07) is 9.02. The molecule has 1 amide bonds. The topological polar surface area (TPSA) is 49.9 Å². The van der Waals surface area contributed by atoms with Crippen LogP contribution in [-0.4, -0.2) is 49.1 Å². The minimum atomic E-state index is -0.0907. The van der Waals surface area contributed by atoms with Gasteiger partial charge >= 0.3 is 5.97 Å². The van der Waals surface area contributed by atoms with Crippen molar-refractivity contribution >= 4 is 17.6 Å². The third kappa shape index (κ3) is 2.09. The summed E-state index contributed by atoms with van der Waals surface area (Å²) in [6.07, 6.45) is 5.77. The zero-order valence-electron chi connectivity index (χ0n) is 16.2. The van der Waals surface area contributed by atoms with Gasteiger partial charge in [0.15, 0.2) is 0 Å². The van der Waals surface area contributed by atoms with Gasteiger partial charge in [-0.05, 0) is 62.2 Å². The highest BCUT2D eigenvalue weighted by Gasteiger charge is 2.68. The van der Waals surface area contributed by atoms with Crippen molar-refractivity contribution in [2.24, 2.45) is 5.41 Å². The van der Waals surface area contributed by atoms with E-state index in [2.05, 4.69) is 28.0 Å². The Labute approximate surface area is 160 Å². The minimum Gasteiger partial charge on any atom is -0.469 e. The van der Waals surface area contributed by atoms with Gasteiger partial charge in [-0.2, -0.15) is 0 Å². The van der Waals surface area contributed by atoms with Crippen LogP contribution in [0.4, 0.5) is 5.69 Å². The number of rotatable bonds is 2. The molecular formula is C22H28N2O3. The van der Waals surface area contributed by atoms with Crippen molar-refractivity contribution in [2.45, 2.75) is 62.9 Å². The number of nitrogens with zero attached hydrogens (tertiary/aromatic N) is 2. The van der Waals surface area contributed by atoms with Gasteiger partial charge in [0.25, 0.3) is 0 Å². The smallest absolute Gasteiger partial charge is 0.306 e. The molecule has 1 spiro atoms. The lowest BCUT2D eigenvalue weighted by Crippen LogP contribution is -2.65. The highest BCUT2D eigenvalue weighted by Crippen LogP contribution is 2.65. The van der Waals surface area contributed by atoms with Gasteiger partial charge in [0.2, 0.25) is 5.91 Å². The lowest BCUT2D eigenvalue weighted by Gasteiger charge is -2.58. The Balaban J connectivity index is 1.69. The number of esters is 1. The molecule has 2 saturated heterocycles. The molecule has 3 heterocycles. The number of hydrogen-bond acceptors (Lipinski definition) is 4. The van der Waals surface area contributed by atoms with Crippen LogP contribution in [0.15, 0.2) is 24.3 Å². The number of hydrogen-bond donors (Lipinski definition) is 0. The van der Waals surface area contributed by atoms with Gasteiger partial charge in [0, 0.05) is 30.1 Å². The Hall–Kier alpha value is -1.88. The molecular weight excluding hydrogens is 340 g/mol. The largest absolute Gasteiger partial charge is 0.469 e. The van der Waals surface area contributed by atoms with E-state index in [-0.39, 0.29) is 28.7 Å². The summed E-state index contributed by atoms with van der Waals surface area (Å²) in [5.74, 6) is 0.0473. The number of amides is 1. The number of ether oxygens (including phenoxy) is 1. The monoisotopic (exact) mass is 368 g/mol. The standard InChI is InChI=1S/C22H28N2O3/c1-15(25)24-17-7-4-3-6-16(17)22-11-13-23-12-5-9-21(20(22)23,10-8-18(22)24)14-19(26)27-2/h3-4,6-7,18,20H,5,8-14H2,1-2H3. The number of fused-ring (bicyclic) bond motifs is 1. The van der Waals surface area contributed by atoms with Crippen molar-refractivity contribution in [3.05, 3.63) is 29.8 Å². The molecule has 1 aliphatic carbocycles. The van der Waals surface area contributed by atoms with Crippen molar-refractivity contribution in [1.82, 2.24) is 4.90 Å². The van der Waals surface area contributed by atoms with Crippen LogP contribution in [0, 0.1) is 5.41 Å². The first-order chi connectivity index (χ1) is 13.0. The fraction of sp³-hybridized carbons (Fsp3) is 0.636. The lowest BCUT2D eigenvalue weighted by molar-refractivity contribution is -0.148. The normalized spacial score (nSPS) is 36.7.